The molecule has 206 valence electrons. The fourth-order valence-electron chi connectivity index (χ4n) is 5.45. The number of para-hydroxylation sites is 2. The van der Waals surface area contributed by atoms with Gasteiger partial charge in [-0.25, -0.2) is 0 Å². The molecule has 2 aromatic heterocycles. The zero-order valence-electron chi connectivity index (χ0n) is 22.9. The number of amides is 1. The zero-order valence-corrected chi connectivity index (χ0v) is 24.5. The molecule has 9 heteroatoms. The molecule has 3 heterocycles. The summed E-state index contributed by atoms with van der Waals surface area (Å²) in [6.07, 6.45) is 2.04. The van der Waals surface area contributed by atoms with E-state index in [2.05, 4.69) is 51.9 Å². The number of thiocarbonyl (C=S) groups is 1. The van der Waals surface area contributed by atoms with E-state index in [9.17, 15) is 4.79 Å². The van der Waals surface area contributed by atoms with Crippen LogP contribution in [0, 0.1) is 20.8 Å². The maximum absolute atomic E-state index is 13.0. The molecule has 1 aliphatic heterocycles. The van der Waals surface area contributed by atoms with E-state index in [1.54, 1.807) is 13.3 Å². The van der Waals surface area contributed by atoms with Crippen LogP contribution in [-0.4, -0.2) is 39.1 Å². The minimum Gasteiger partial charge on any atom is -0.495 e. The molecule has 4 aromatic rings. The molecule has 1 fully saturated rings. The van der Waals surface area contributed by atoms with Gasteiger partial charge in [-0.1, -0.05) is 35.9 Å². The fraction of sp³-hybridized carbons (Fsp3) is 0.258. The minimum absolute atomic E-state index is 0.118. The van der Waals surface area contributed by atoms with Crippen molar-refractivity contribution in [2.75, 3.05) is 19.0 Å². The quantitative estimate of drug-likeness (QED) is 0.236. The topological polar surface area (TPSA) is 71.4 Å². The van der Waals surface area contributed by atoms with E-state index in [-0.39, 0.29) is 24.4 Å². The molecule has 0 saturated carbocycles. The van der Waals surface area contributed by atoms with Gasteiger partial charge in [-0.15, -0.1) is 0 Å². The second-order valence-electron chi connectivity index (χ2n) is 9.91. The van der Waals surface area contributed by atoms with E-state index >= 15 is 0 Å². The Morgan fingerprint density at radius 1 is 1.10 bits per heavy atom. The monoisotopic (exact) mass is 573 g/mol. The molecule has 0 radical (unpaired) electrons. The van der Waals surface area contributed by atoms with Gasteiger partial charge in [0, 0.05) is 41.3 Å². The Bertz CT molecular complexity index is 1550. The molecule has 40 heavy (non-hydrogen) atoms. The van der Waals surface area contributed by atoms with E-state index in [1.165, 1.54) is 0 Å². The molecule has 1 aliphatic rings. The van der Waals surface area contributed by atoms with Crippen molar-refractivity contribution in [3.05, 3.63) is 106 Å². The van der Waals surface area contributed by atoms with Crippen molar-refractivity contribution in [2.45, 2.75) is 39.3 Å². The average molecular weight is 574 g/mol. The lowest BCUT2D eigenvalue weighted by Gasteiger charge is -2.28. The van der Waals surface area contributed by atoms with Crippen LogP contribution in [0.25, 0.3) is 5.69 Å². The standard InChI is InChI=1S/C31H32ClN5O2S/c1-19-12-13-22(32)18-26(19)37-20(2)17-23(21(37)3)30-29(25-10-7-8-15-33-25)35-31(40)36(30)16-14-28(38)34-24-9-5-6-11-27(24)39-4/h5-13,15,17-18,29-30H,14,16H2,1-4H3,(H,34,38)(H,35,40). The van der Waals surface area contributed by atoms with Gasteiger partial charge in [-0.3, -0.25) is 9.78 Å². The summed E-state index contributed by atoms with van der Waals surface area (Å²) in [5, 5.41) is 7.74. The summed E-state index contributed by atoms with van der Waals surface area (Å²) in [5.41, 5.74) is 6.99. The van der Waals surface area contributed by atoms with E-state index in [1.807, 2.05) is 60.7 Å². The molecule has 1 amide bonds. The Morgan fingerprint density at radius 3 is 2.62 bits per heavy atom. The van der Waals surface area contributed by atoms with E-state index in [4.69, 9.17) is 28.6 Å². The molecule has 1 saturated heterocycles. The van der Waals surface area contributed by atoms with Gasteiger partial charge in [0.2, 0.25) is 5.91 Å². The SMILES string of the molecule is COc1ccccc1NC(=O)CCN1C(=S)NC(c2ccccn2)C1c1cc(C)n(-c2cc(Cl)ccc2C)c1C. The van der Waals surface area contributed by atoms with E-state index < -0.39 is 0 Å². The van der Waals surface area contributed by atoms with Gasteiger partial charge >= 0.3 is 0 Å². The van der Waals surface area contributed by atoms with Crippen molar-refractivity contribution in [2.24, 2.45) is 0 Å². The van der Waals surface area contributed by atoms with Crippen LogP contribution < -0.4 is 15.4 Å². The third-order valence-electron chi connectivity index (χ3n) is 7.36. The van der Waals surface area contributed by atoms with Gasteiger partial charge in [0.05, 0.1) is 30.6 Å². The normalized spacial score (nSPS) is 16.6. The smallest absolute Gasteiger partial charge is 0.226 e. The molecule has 7 nitrogen and oxygen atoms in total. The number of aryl methyl sites for hydroxylation is 2. The summed E-state index contributed by atoms with van der Waals surface area (Å²) in [6, 6.07) is 21.1. The number of hydrogen-bond donors (Lipinski definition) is 2. The van der Waals surface area contributed by atoms with Gasteiger partial charge in [0.15, 0.2) is 5.11 Å². The zero-order chi connectivity index (χ0) is 28.4. The summed E-state index contributed by atoms with van der Waals surface area (Å²) >= 11 is 12.2. The van der Waals surface area contributed by atoms with Crippen molar-refractivity contribution < 1.29 is 9.53 Å². The molecular formula is C31H32ClN5O2S. The summed E-state index contributed by atoms with van der Waals surface area (Å²) in [7, 11) is 1.59. The molecule has 2 atom stereocenters. The van der Waals surface area contributed by atoms with Crippen LogP contribution in [0.2, 0.25) is 5.02 Å². The Labute approximate surface area is 245 Å². The number of nitrogens with one attached hydrogen (secondary N) is 2. The lowest BCUT2D eigenvalue weighted by molar-refractivity contribution is -0.116. The van der Waals surface area contributed by atoms with Crippen LogP contribution in [0.15, 0.2) is 72.9 Å². The first-order valence-electron chi connectivity index (χ1n) is 13.1. The third kappa shape index (κ3) is 5.42. The van der Waals surface area contributed by atoms with Gasteiger partial charge in [0.1, 0.15) is 5.75 Å². The lowest BCUT2D eigenvalue weighted by atomic mass is 9.96. The predicted molar refractivity (Wildman–Crippen MR) is 163 cm³/mol. The third-order valence-corrected chi connectivity index (χ3v) is 7.95. The van der Waals surface area contributed by atoms with Crippen LogP contribution in [0.5, 0.6) is 5.75 Å². The highest BCUT2D eigenvalue weighted by molar-refractivity contribution is 7.80. The van der Waals surface area contributed by atoms with Gasteiger partial charge in [-0.05, 0) is 86.6 Å². The van der Waals surface area contributed by atoms with E-state index in [0.29, 0.717) is 28.1 Å². The largest absolute Gasteiger partial charge is 0.495 e. The number of methoxy groups -OCH3 is 1. The number of aromatic nitrogens is 2. The van der Waals surface area contributed by atoms with Gasteiger partial charge in [-0.2, -0.15) is 0 Å². The second-order valence-corrected chi connectivity index (χ2v) is 10.7. The maximum atomic E-state index is 13.0. The van der Waals surface area contributed by atoms with Crippen LogP contribution in [-0.2, 0) is 4.79 Å². The Hall–Kier alpha value is -3.88. The van der Waals surface area contributed by atoms with Crippen LogP contribution in [0.1, 0.15) is 46.7 Å². The average Bonchev–Trinajstić information content (AvgIpc) is 3.43. The number of benzene rings is 2. The highest BCUT2D eigenvalue weighted by Gasteiger charge is 2.41. The highest BCUT2D eigenvalue weighted by atomic mass is 35.5. The number of halogens is 1. The van der Waals surface area contributed by atoms with Crippen molar-refractivity contribution in [1.29, 1.82) is 0 Å². The fourth-order valence-corrected chi connectivity index (χ4v) is 5.95. The molecule has 5 rings (SSSR count). The molecular weight excluding hydrogens is 542 g/mol. The maximum Gasteiger partial charge on any atom is 0.226 e. The first-order chi connectivity index (χ1) is 19.3. The Morgan fingerprint density at radius 2 is 1.88 bits per heavy atom. The number of hydrogen-bond acceptors (Lipinski definition) is 4. The first kappa shape index (κ1) is 27.7. The van der Waals surface area contributed by atoms with Crippen molar-refractivity contribution in [3.8, 4) is 11.4 Å². The number of nitrogens with zero attached hydrogens (tertiary/aromatic N) is 3. The molecule has 0 aliphatic carbocycles. The molecule has 2 unspecified atom stereocenters. The van der Waals surface area contributed by atoms with Crippen molar-refractivity contribution in [3.63, 3.8) is 0 Å². The number of anilines is 1. The van der Waals surface area contributed by atoms with Crippen LogP contribution in [0.3, 0.4) is 0 Å². The Kier molecular flexibility index (Phi) is 8.09. The molecule has 2 N–H and O–H groups in total. The predicted octanol–water partition coefficient (Wildman–Crippen LogP) is 6.46. The van der Waals surface area contributed by atoms with Crippen molar-refractivity contribution >= 4 is 40.5 Å². The minimum atomic E-state index is -0.180. The Balaban J connectivity index is 1.49. The van der Waals surface area contributed by atoms with Gasteiger partial charge < -0.3 is 24.8 Å². The second kappa shape index (κ2) is 11.7. The number of pyridine rings is 1. The number of carbonyl (C=O) groups is 1. The highest BCUT2D eigenvalue weighted by Crippen LogP contribution is 2.42. The summed E-state index contributed by atoms with van der Waals surface area (Å²) in [4.78, 5) is 19.8. The van der Waals surface area contributed by atoms with Crippen LogP contribution in [0.4, 0.5) is 5.69 Å². The number of rotatable bonds is 8. The number of ether oxygens (including phenoxy) is 1. The van der Waals surface area contributed by atoms with E-state index in [0.717, 1.165) is 33.9 Å². The molecule has 0 bridgehead atoms. The summed E-state index contributed by atoms with van der Waals surface area (Å²) < 4.78 is 7.62. The lowest BCUT2D eigenvalue weighted by Crippen LogP contribution is -2.33. The number of carbonyl (C=O) groups excluding carboxylic acids is 1. The molecule has 2 aromatic carbocycles. The summed E-state index contributed by atoms with van der Waals surface area (Å²) in [6.45, 7) is 6.73. The molecule has 0 spiro atoms. The van der Waals surface area contributed by atoms with Crippen molar-refractivity contribution in [1.82, 2.24) is 19.8 Å². The summed E-state index contributed by atoms with van der Waals surface area (Å²) in [5.74, 6) is 0.499. The van der Waals surface area contributed by atoms with Crippen LogP contribution >= 0.6 is 23.8 Å². The first-order valence-corrected chi connectivity index (χ1v) is 13.9. The van der Waals surface area contributed by atoms with Gasteiger partial charge in [0.25, 0.3) is 0 Å².